The monoisotopic (exact) mass is 342 g/mol. The largest absolute Gasteiger partial charge is 0.380 e. The highest BCUT2D eigenvalue weighted by Gasteiger charge is 2.23. The van der Waals surface area contributed by atoms with Crippen molar-refractivity contribution in [3.63, 3.8) is 0 Å². The van der Waals surface area contributed by atoms with E-state index in [1.165, 1.54) is 23.3 Å². The summed E-state index contributed by atoms with van der Waals surface area (Å²) in [4.78, 5) is 26.8. The molecule has 2 aromatic rings. The molecule has 2 amide bonds. The number of hydrogen-bond donors (Lipinski definition) is 1. The van der Waals surface area contributed by atoms with Crippen LogP contribution in [-0.2, 0) is 16.1 Å². The van der Waals surface area contributed by atoms with E-state index in [4.69, 9.17) is 11.2 Å². The van der Waals surface area contributed by atoms with Crippen LogP contribution in [-0.4, -0.2) is 32.5 Å². The molecular weight excluding hydrogens is 324 g/mol. The second-order valence-electron chi connectivity index (χ2n) is 4.97. The van der Waals surface area contributed by atoms with Crippen LogP contribution in [0.25, 0.3) is 0 Å². The molecule has 6 heteroatoms. The van der Waals surface area contributed by atoms with E-state index >= 15 is 0 Å². The van der Waals surface area contributed by atoms with Crippen molar-refractivity contribution in [1.29, 1.82) is 0 Å². The molecular formula is C18H18N2O3S. The number of hydrogen-bond acceptors (Lipinski definition) is 4. The first-order valence-corrected chi connectivity index (χ1v) is 8.13. The third kappa shape index (κ3) is 4.02. The maximum Gasteiger partial charge on any atom is 0.269 e. The molecule has 0 saturated heterocycles. The van der Waals surface area contributed by atoms with Gasteiger partial charge in [-0.1, -0.05) is 12.0 Å². The molecule has 1 aromatic heterocycles. The van der Waals surface area contributed by atoms with E-state index in [1.807, 2.05) is 11.4 Å². The van der Waals surface area contributed by atoms with Gasteiger partial charge in [-0.25, -0.2) is 0 Å². The van der Waals surface area contributed by atoms with Crippen LogP contribution in [0.5, 0.6) is 0 Å². The van der Waals surface area contributed by atoms with Crippen molar-refractivity contribution in [2.24, 2.45) is 0 Å². The fourth-order valence-corrected chi connectivity index (χ4v) is 3.04. The Kier molecular flexibility index (Phi) is 6.13. The van der Waals surface area contributed by atoms with Crippen molar-refractivity contribution in [2.75, 3.05) is 25.6 Å². The van der Waals surface area contributed by atoms with Crippen LogP contribution in [0.15, 0.2) is 35.7 Å². The molecule has 24 heavy (non-hydrogen) atoms. The number of ether oxygens (including phenoxy) is 1. The van der Waals surface area contributed by atoms with Crippen molar-refractivity contribution in [1.82, 2.24) is 5.32 Å². The van der Waals surface area contributed by atoms with E-state index in [0.29, 0.717) is 22.7 Å². The zero-order chi connectivity index (χ0) is 17.5. The Balaban J connectivity index is 2.41. The molecule has 1 aromatic carbocycles. The molecule has 0 bridgehead atoms. The normalized spacial score (nSPS) is 10.0. The molecule has 0 aliphatic rings. The van der Waals surface area contributed by atoms with Crippen molar-refractivity contribution in [3.8, 4) is 12.3 Å². The van der Waals surface area contributed by atoms with Crippen molar-refractivity contribution < 1.29 is 14.3 Å². The molecule has 0 unspecified atom stereocenters. The molecule has 0 fully saturated rings. The molecule has 5 nitrogen and oxygen atoms in total. The summed E-state index contributed by atoms with van der Waals surface area (Å²) in [5, 5.41) is 4.37. The number of likely N-dealkylation sites (N-methyl/N-ethyl adjacent to an activating group) is 1. The van der Waals surface area contributed by atoms with E-state index < -0.39 is 0 Å². The summed E-state index contributed by atoms with van der Waals surface area (Å²) in [5.74, 6) is 2.02. The van der Waals surface area contributed by atoms with E-state index in [9.17, 15) is 9.59 Å². The lowest BCUT2D eigenvalue weighted by molar-refractivity contribution is -0.119. The Hall–Kier alpha value is -2.62. The Bertz CT molecular complexity index is 777. The average molecular weight is 342 g/mol. The summed E-state index contributed by atoms with van der Waals surface area (Å²) in [5.41, 5.74) is 2.02. The van der Waals surface area contributed by atoms with Gasteiger partial charge in [0.05, 0.1) is 11.5 Å². The summed E-state index contributed by atoms with van der Waals surface area (Å²) in [6.45, 7) is 0.246. The molecule has 2 rings (SSSR count). The molecule has 0 aliphatic carbocycles. The Morgan fingerprint density at radius 3 is 2.83 bits per heavy atom. The molecule has 1 N–H and O–H groups in total. The molecule has 0 saturated carbocycles. The maximum absolute atomic E-state index is 13.0. The number of thiophene rings is 1. The zero-order valence-corrected chi connectivity index (χ0v) is 14.4. The zero-order valence-electron chi connectivity index (χ0n) is 13.5. The minimum Gasteiger partial charge on any atom is -0.380 e. The smallest absolute Gasteiger partial charge is 0.269 e. The van der Waals surface area contributed by atoms with Crippen molar-refractivity contribution in [3.05, 3.63) is 51.7 Å². The molecule has 0 radical (unpaired) electrons. The Morgan fingerprint density at radius 2 is 2.17 bits per heavy atom. The van der Waals surface area contributed by atoms with Crippen LogP contribution in [0.4, 0.5) is 5.69 Å². The second-order valence-corrected chi connectivity index (χ2v) is 5.88. The van der Waals surface area contributed by atoms with Gasteiger partial charge in [0.25, 0.3) is 5.91 Å². The van der Waals surface area contributed by atoms with Crippen LogP contribution in [0, 0.1) is 12.3 Å². The number of terminal acetylenes is 1. The number of carbonyl (C=O) groups is 2. The lowest BCUT2D eigenvalue weighted by atomic mass is 10.1. The van der Waals surface area contributed by atoms with Gasteiger partial charge in [0, 0.05) is 31.0 Å². The predicted octanol–water partition coefficient (Wildman–Crippen LogP) is 2.27. The van der Waals surface area contributed by atoms with Gasteiger partial charge in [-0.3, -0.25) is 14.5 Å². The standard InChI is InChI=1S/C18H18N2O3S/c1-4-13-6-5-7-15(10-13)20(11-16(21)19-2)18(22)17-14(12-23-3)8-9-24-17/h1,5-10H,11-12H2,2-3H3,(H,19,21). The molecule has 124 valence electrons. The lowest BCUT2D eigenvalue weighted by Gasteiger charge is -2.22. The summed E-state index contributed by atoms with van der Waals surface area (Å²) >= 11 is 1.32. The highest BCUT2D eigenvalue weighted by atomic mass is 32.1. The van der Waals surface area contributed by atoms with Crippen LogP contribution in [0.1, 0.15) is 20.8 Å². The highest BCUT2D eigenvalue weighted by molar-refractivity contribution is 7.12. The Morgan fingerprint density at radius 1 is 1.38 bits per heavy atom. The number of methoxy groups -OCH3 is 1. The van der Waals surface area contributed by atoms with Crippen molar-refractivity contribution >= 4 is 28.8 Å². The van der Waals surface area contributed by atoms with Crippen LogP contribution < -0.4 is 10.2 Å². The first-order chi connectivity index (χ1) is 11.6. The molecule has 0 atom stereocenters. The lowest BCUT2D eigenvalue weighted by Crippen LogP contribution is -2.39. The average Bonchev–Trinajstić information content (AvgIpc) is 3.07. The minimum absolute atomic E-state index is 0.0896. The SMILES string of the molecule is C#Cc1cccc(N(CC(=O)NC)C(=O)c2sccc2COC)c1. The molecule has 0 spiro atoms. The van der Waals surface area contributed by atoms with Crippen LogP contribution in [0.3, 0.4) is 0 Å². The van der Waals surface area contributed by atoms with Crippen molar-refractivity contribution in [2.45, 2.75) is 6.61 Å². The maximum atomic E-state index is 13.0. The quantitative estimate of drug-likeness (QED) is 0.820. The van der Waals surface area contributed by atoms with Gasteiger partial charge in [-0.15, -0.1) is 17.8 Å². The first-order valence-electron chi connectivity index (χ1n) is 7.25. The van der Waals surface area contributed by atoms with Crippen LogP contribution in [0.2, 0.25) is 0 Å². The third-order valence-corrected chi connectivity index (χ3v) is 4.34. The van der Waals surface area contributed by atoms with E-state index in [-0.39, 0.29) is 18.4 Å². The fraction of sp³-hybridized carbons (Fsp3) is 0.222. The first kappa shape index (κ1) is 17.7. The number of nitrogens with one attached hydrogen (secondary N) is 1. The van der Waals surface area contributed by atoms with E-state index in [1.54, 1.807) is 31.4 Å². The topological polar surface area (TPSA) is 58.6 Å². The number of anilines is 1. The van der Waals surface area contributed by atoms with Gasteiger partial charge in [0.1, 0.15) is 6.54 Å². The predicted molar refractivity (Wildman–Crippen MR) is 95.2 cm³/mol. The fourth-order valence-electron chi connectivity index (χ4n) is 2.18. The van der Waals surface area contributed by atoms with Gasteiger partial charge >= 0.3 is 0 Å². The number of nitrogens with zero attached hydrogens (tertiary/aromatic N) is 1. The summed E-state index contributed by atoms with van der Waals surface area (Å²) in [7, 11) is 3.11. The summed E-state index contributed by atoms with van der Waals surface area (Å²) < 4.78 is 5.13. The van der Waals surface area contributed by atoms with Gasteiger partial charge < -0.3 is 10.1 Å². The number of carbonyl (C=O) groups excluding carboxylic acids is 2. The van der Waals surface area contributed by atoms with Gasteiger partial charge in [-0.05, 0) is 29.6 Å². The second kappa shape index (κ2) is 8.29. The van der Waals surface area contributed by atoms with Gasteiger partial charge in [0.15, 0.2) is 0 Å². The minimum atomic E-state index is -0.265. The summed E-state index contributed by atoms with van der Waals surface area (Å²) in [6.07, 6.45) is 5.43. The van der Waals surface area contributed by atoms with E-state index in [2.05, 4.69) is 11.2 Å². The van der Waals surface area contributed by atoms with Gasteiger partial charge in [-0.2, -0.15) is 0 Å². The number of benzene rings is 1. The Labute approximate surface area is 145 Å². The number of rotatable bonds is 6. The molecule has 0 aliphatic heterocycles. The summed E-state index contributed by atoms with van der Waals surface area (Å²) in [6, 6.07) is 8.85. The molecule has 1 heterocycles. The van der Waals surface area contributed by atoms with E-state index in [0.717, 1.165) is 5.56 Å². The highest BCUT2D eigenvalue weighted by Crippen LogP contribution is 2.24. The van der Waals surface area contributed by atoms with Gasteiger partial charge in [0.2, 0.25) is 5.91 Å². The number of amides is 2. The third-order valence-electron chi connectivity index (χ3n) is 3.39. The van der Waals surface area contributed by atoms with Crippen LogP contribution >= 0.6 is 11.3 Å².